The first-order valence-electron chi connectivity index (χ1n) is 5.76. The number of carbonyl (C=O) groups excluding carboxylic acids is 1. The molecule has 0 aromatic rings. The van der Waals surface area contributed by atoms with Gasteiger partial charge in [-0.25, -0.2) is 4.79 Å². The van der Waals surface area contributed by atoms with Crippen LogP contribution in [0.1, 0.15) is 19.8 Å². The highest BCUT2D eigenvalue weighted by molar-refractivity contribution is 5.89. The lowest BCUT2D eigenvalue weighted by Gasteiger charge is -2.38. The van der Waals surface area contributed by atoms with Gasteiger partial charge in [0.25, 0.3) is 0 Å². The molecule has 4 nitrogen and oxygen atoms in total. The molecule has 0 bridgehead atoms. The second-order valence-corrected chi connectivity index (χ2v) is 4.89. The predicted octanol–water partition coefficient (Wildman–Crippen LogP) is 0.969. The Hall–Kier alpha value is -1.03. The summed E-state index contributed by atoms with van der Waals surface area (Å²) in [7, 11) is 3.20. The molecule has 4 heteroatoms. The van der Waals surface area contributed by atoms with Gasteiger partial charge >= 0.3 is 5.97 Å². The molecule has 1 fully saturated rings. The van der Waals surface area contributed by atoms with Crippen LogP contribution < -0.4 is 0 Å². The van der Waals surface area contributed by atoms with E-state index < -0.39 is 6.23 Å². The Morgan fingerprint density at radius 1 is 1.56 bits per heavy atom. The van der Waals surface area contributed by atoms with Crippen molar-refractivity contribution >= 4 is 5.97 Å². The summed E-state index contributed by atoms with van der Waals surface area (Å²) in [5.41, 5.74) is 0.713. The number of fused-ring (bicyclic) bond motifs is 1. The Morgan fingerprint density at radius 2 is 2.25 bits per heavy atom. The summed E-state index contributed by atoms with van der Waals surface area (Å²) >= 11 is 0. The fourth-order valence-corrected chi connectivity index (χ4v) is 3.07. The van der Waals surface area contributed by atoms with Gasteiger partial charge in [0, 0.05) is 19.2 Å². The van der Waals surface area contributed by atoms with Crippen molar-refractivity contribution in [2.45, 2.75) is 26.0 Å². The van der Waals surface area contributed by atoms with Gasteiger partial charge in [0.05, 0.1) is 12.7 Å². The average Bonchev–Trinajstić information content (AvgIpc) is 2.65. The SMILES string of the molecule is COC(=O)C1=CN(C)C(O)[C@H]2[C@@H]1CC[C@@H]2C. The van der Waals surface area contributed by atoms with Crippen LogP contribution in [-0.2, 0) is 9.53 Å². The van der Waals surface area contributed by atoms with Crippen LogP contribution in [0.5, 0.6) is 0 Å². The summed E-state index contributed by atoms with van der Waals surface area (Å²) in [6, 6.07) is 0. The number of ether oxygens (including phenoxy) is 1. The van der Waals surface area contributed by atoms with Crippen LogP contribution >= 0.6 is 0 Å². The first kappa shape index (κ1) is 11.5. The standard InChI is InChI=1S/C12H19NO3/c1-7-4-5-8-9(12(15)16-3)6-13(2)11(14)10(7)8/h6-8,10-11,14H,4-5H2,1-3H3/t7-,8+,10+,11?/m0/s1. The van der Waals surface area contributed by atoms with Gasteiger partial charge in [-0.15, -0.1) is 0 Å². The Balaban J connectivity index is 2.32. The fourth-order valence-electron chi connectivity index (χ4n) is 3.07. The van der Waals surface area contributed by atoms with Gasteiger partial charge in [0.15, 0.2) is 0 Å². The minimum absolute atomic E-state index is 0.157. The molecule has 0 saturated heterocycles. The maximum absolute atomic E-state index is 11.7. The highest BCUT2D eigenvalue weighted by atomic mass is 16.5. The molecule has 1 aliphatic heterocycles. The molecule has 0 aromatic heterocycles. The quantitative estimate of drug-likeness (QED) is 0.676. The molecular formula is C12H19NO3. The lowest BCUT2D eigenvalue weighted by molar-refractivity contribution is -0.138. The van der Waals surface area contributed by atoms with Crippen molar-refractivity contribution in [3.8, 4) is 0 Å². The van der Waals surface area contributed by atoms with E-state index in [9.17, 15) is 9.90 Å². The highest BCUT2D eigenvalue weighted by Crippen LogP contribution is 2.46. The number of aliphatic hydroxyl groups excluding tert-OH is 1. The maximum Gasteiger partial charge on any atom is 0.335 e. The third kappa shape index (κ3) is 1.61. The van der Waals surface area contributed by atoms with Crippen LogP contribution in [0.25, 0.3) is 0 Å². The molecule has 0 radical (unpaired) electrons. The summed E-state index contributed by atoms with van der Waals surface area (Å²) in [5, 5.41) is 10.1. The number of carbonyl (C=O) groups is 1. The Morgan fingerprint density at radius 3 is 2.88 bits per heavy atom. The van der Waals surface area contributed by atoms with E-state index in [0.29, 0.717) is 11.5 Å². The van der Waals surface area contributed by atoms with Crippen molar-refractivity contribution in [3.63, 3.8) is 0 Å². The van der Waals surface area contributed by atoms with Crippen LogP contribution in [0, 0.1) is 17.8 Å². The second kappa shape index (κ2) is 4.09. The summed E-state index contributed by atoms with van der Waals surface area (Å²) < 4.78 is 4.80. The van der Waals surface area contributed by atoms with E-state index in [1.807, 2.05) is 0 Å². The zero-order valence-electron chi connectivity index (χ0n) is 10.0. The molecule has 1 unspecified atom stereocenters. The number of esters is 1. The molecule has 16 heavy (non-hydrogen) atoms. The summed E-state index contributed by atoms with van der Waals surface area (Å²) in [6.07, 6.45) is 3.29. The number of hydrogen-bond acceptors (Lipinski definition) is 4. The molecule has 4 atom stereocenters. The van der Waals surface area contributed by atoms with Crippen molar-refractivity contribution in [1.82, 2.24) is 4.90 Å². The fraction of sp³-hybridized carbons (Fsp3) is 0.750. The van der Waals surface area contributed by atoms with Crippen LogP contribution in [-0.4, -0.2) is 36.4 Å². The molecular weight excluding hydrogens is 206 g/mol. The van der Waals surface area contributed by atoms with E-state index in [2.05, 4.69) is 6.92 Å². The van der Waals surface area contributed by atoms with E-state index >= 15 is 0 Å². The third-order valence-electron chi connectivity index (χ3n) is 3.98. The van der Waals surface area contributed by atoms with Gasteiger partial charge in [-0.3, -0.25) is 0 Å². The molecule has 1 saturated carbocycles. The van der Waals surface area contributed by atoms with Gasteiger partial charge < -0.3 is 14.7 Å². The van der Waals surface area contributed by atoms with Gasteiger partial charge in [-0.2, -0.15) is 0 Å². The normalized spacial score (nSPS) is 38.0. The van der Waals surface area contributed by atoms with E-state index in [4.69, 9.17) is 4.74 Å². The number of nitrogens with zero attached hydrogens (tertiary/aromatic N) is 1. The number of methoxy groups -OCH3 is 1. The number of rotatable bonds is 1. The van der Waals surface area contributed by atoms with Gasteiger partial charge in [-0.05, 0) is 24.7 Å². The van der Waals surface area contributed by atoms with Crippen molar-refractivity contribution in [2.24, 2.45) is 17.8 Å². The Bertz CT molecular complexity index is 326. The van der Waals surface area contributed by atoms with Crippen LogP contribution in [0.2, 0.25) is 0 Å². The van der Waals surface area contributed by atoms with Crippen molar-refractivity contribution in [2.75, 3.05) is 14.2 Å². The molecule has 0 spiro atoms. The molecule has 0 aromatic carbocycles. The molecule has 2 aliphatic rings. The summed E-state index contributed by atoms with van der Waals surface area (Å²) in [6.45, 7) is 2.14. The van der Waals surface area contributed by atoms with Crippen molar-refractivity contribution in [3.05, 3.63) is 11.8 Å². The van der Waals surface area contributed by atoms with Gasteiger partial charge in [-0.1, -0.05) is 6.92 Å². The van der Waals surface area contributed by atoms with Gasteiger partial charge in [0.2, 0.25) is 0 Å². The number of aliphatic hydroxyl groups is 1. The maximum atomic E-state index is 11.7. The molecule has 1 N–H and O–H groups in total. The summed E-state index contributed by atoms with van der Waals surface area (Å²) in [4.78, 5) is 13.4. The Labute approximate surface area is 95.9 Å². The zero-order chi connectivity index (χ0) is 11.9. The average molecular weight is 225 g/mol. The van der Waals surface area contributed by atoms with E-state index in [-0.39, 0.29) is 17.8 Å². The molecule has 0 amide bonds. The molecule has 90 valence electrons. The van der Waals surface area contributed by atoms with Crippen LogP contribution in [0.15, 0.2) is 11.8 Å². The highest BCUT2D eigenvalue weighted by Gasteiger charge is 2.45. The minimum Gasteiger partial charge on any atom is -0.466 e. The van der Waals surface area contributed by atoms with Crippen molar-refractivity contribution in [1.29, 1.82) is 0 Å². The van der Waals surface area contributed by atoms with E-state index in [1.165, 1.54) is 7.11 Å². The van der Waals surface area contributed by atoms with E-state index in [0.717, 1.165) is 12.8 Å². The Kier molecular flexibility index (Phi) is 2.93. The van der Waals surface area contributed by atoms with E-state index in [1.54, 1.807) is 18.1 Å². The van der Waals surface area contributed by atoms with Gasteiger partial charge in [0.1, 0.15) is 6.23 Å². The largest absolute Gasteiger partial charge is 0.466 e. The number of hydrogen-bond donors (Lipinski definition) is 1. The second-order valence-electron chi connectivity index (χ2n) is 4.89. The molecule has 1 heterocycles. The molecule has 2 rings (SSSR count). The smallest absolute Gasteiger partial charge is 0.335 e. The zero-order valence-corrected chi connectivity index (χ0v) is 10.0. The lowest BCUT2D eigenvalue weighted by Crippen LogP contribution is -2.44. The van der Waals surface area contributed by atoms with Crippen molar-refractivity contribution < 1.29 is 14.6 Å². The topological polar surface area (TPSA) is 49.8 Å². The predicted molar refractivity (Wildman–Crippen MR) is 59.2 cm³/mol. The first-order chi connectivity index (χ1) is 7.56. The third-order valence-corrected chi connectivity index (χ3v) is 3.98. The lowest BCUT2D eigenvalue weighted by atomic mass is 9.81. The van der Waals surface area contributed by atoms with Crippen LogP contribution in [0.3, 0.4) is 0 Å². The van der Waals surface area contributed by atoms with Crippen LogP contribution in [0.4, 0.5) is 0 Å². The minimum atomic E-state index is -0.476. The first-order valence-corrected chi connectivity index (χ1v) is 5.76. The summed E-state index contributed by atoms with van der Waals surface area (Å²) in [5.74, 6) is 0.511. The molecule has 1 aliphatic carbocycles. The monoisotopic (exact) mass is 225 g/mol.